The molecule has 1 aliphatic rings. The third-order valence-electron chi connectivity index (χ3n) is 2.68. The second-order valence-electron chi connectivity index (χ2n) is 3.99. The van der Waals surface area contributed by atoms with Crippen LogP contribution in [0.2, 0.25) is 0 Å². The first-order chi connectivity index (χ1) is 6.70. The first-order valence-electron chi connectivity index (χ1n) is 5.22. The number of fused-ring (bicyclic) bond motifs is 1. The van der Waals surface area contributed by atoms with Crippen molar-refractivity contribution < 1.29 is 0 Å². The Bertz CT molecular complexity index is 346. The Kier molecular flexibility index (Phi) is 2.73. The van der Waals surface area contributed by atoms with Gasteiger partial charge in [-0.05, 0) is 37.5 Å². The molecule has 0 bridgehead atoms. The minimum Gasteiger partial charge on any atom is -0.383 e. The van der Waals surface area contributed by atoms with Crippen LogP contribution in [0, 0.1) is 13.8 Å². The molecule has 1 unspecified atom stereocenters. The van der Waals surface area contributed by atoms with Crippen molar-refractivity contribution in [2.24, 2.45) is 0 Å². The molecule has 0 aromatic heterocycles. The third-order valence-corrected chi connectivity index (χ3v) is 4.29. The molecule has 1 nitrogen and oxygen atoms in total. The maximum atomic E-state index is 3.52. The van der Waals surface area contributed by atoms with Gasteiger partial charge in [0.2, 0.25) is 0 Å². The highest BCUT2D eigenvalue weighted by molar-refractivity contribution is 8.00. The van der Waals surface area contributed by atoms with Gasteiger partial charge in [0.15, 0.2) is 0 Å². The van der Waals surface area contributed by atoms with Crippen LogP contribution in [0.15, 0.2) is 17.0 Å². The molecule has 0 aliphatic carbocycles. The molecule has 0 radical (unpaired) electrons. The lowest BCUT2D eigenvalue weighted by Gasteiger charge is -2.26. The Balaban J connectivity index is 2.37. The predicted octanol–water partition coefficient (Wildman–Crippen LogP) is 3.60. The number of hydrogen-bond donors (Lipinski definition) is 1. The molecule has 1 aromatic rings. The number of hydrogen-bond acceptors (Lipinski definition) is 2. The molecule has 2 heteroatoms. The van der Waals surface area contributed by atoms with Crippen LogP contribution in [0.4, 0.5) is 5.69 Å². The second kappa shape index (κ2) is 3.85. The van der Waals surface area contributed by atoms with E-state index in [0.29, 0.717) is 0 Å². The highest BCUT2D eigenvalue weighted by Crippen LogP contribution is 2.39. The summed E-state index contributed by atoms with van der Waals surface area (Å²) in [5.74, 6) is 0. The van der Waals surface area contributed by atoms with E-state index in [2.05, 4.69) is 38.2 Å². The van der Waals surface area contributed by atoms with E-state index in [0.717, 1.165) is 11.8 Å². The van der Waals surface area contributed by atoms with Crippen molar-refractivity contribution >= 4 is 17.4 Å². The van der Waals surface area contributed by atoms with Gasteiger partial charge < -0.3 is 5.32 Å². The van der Waals surface area contributed by atoms with Crippen molar-refractivity contribution in [2.75, 3.05) is 11.9 Å². The van der Waals surface area contributed by atoms with E-state index in [1.54, 1.807) is 0 Å². The van der Waals surface area contributed by atoms with Gasteiger partial charge in [-0.25, -0.2) is 0 Å². The Morgan fingerprint density at radius 3 is 2.93 bits per heavy atom. The second-order valence-corrected chi connectivity index (χ2v) is 5.30. The van der Waals surface area contributed by atoms with Crippen LogP contribution in [0.3, 0.4) is 0 Å². The monoisotopic (exact) mass is 207 g/mol. The van der Waals surface area contributed by atoms with Gasteiger partial charge in [0.25, 0.3) is 0 Å². The molecule has 0 spiro atoms. The van der Waals surface area contributed by atoms with Crippen LogP contribution >= 0.6 is 11.8 Å². The minimum absolute atomic E-state index is 0.740. The standard InChI is InChI=1S/C12H17NS/c1-4-10-7-13-11-6-8(2)5-9(3)12(11)14-10/h5-6,10,13H,4,7H2,1-3H3. The molecular formula is C12H17NS. The lowest BCUT2D eigenvalue weighted by Crippen LogP contribution is -2.21. The zero-order valence-corrected chi connectivity index (χ0v) is 9.87. The van der Waals surface area contributed by atoms with E-state index in [1.165, 1.54) is 28.1 Å². The molecule has 0 amide bonds. The van der Waals surface area contributed by atoms with Crippen molar-refractivity contribution in [1.82, 2.24) is 0 Å². The van der Waals surface area contributed by atoms with Crippen molar-refractivity contribution in [1.29, 1.82) is 0 Å². The summed E-state index contributed by atoms with van der Waals surface area (Å²) in [7, 11) is 0. The van der Waals surface area contributed by atoms with Gasteiger partial charge in [-0.15, -0.1) is 11.8 Å². The van der Waals surface area contributed by atoms with Gasteiger partial charge in [0, 0.05) is 22.4 Å². The summed E-state index contributed by atoms with van der Waals surface area (Å²) in [6.45, 7) is 7.73. The van der Waals surface area contributed by atoms with E-state index in [4.69, 9.17) is 0 Å². The summed E-state index contributed by atoms with van der Waals surface area (Å²) in [6, 6.07) is 4.52. The first-order valence-corrected chi connectivity index (χ1v) is 6.10. The Morgan fingerprint density at radius 2 is 2.21 bits per heavy atom. The maximum absolute atomic E-state index is 3.52. The molecule has 1 aliphatic heterocycles. The molecule has 0 fully saturated rings. The van der Waals surface area contributed by atoms with Crippen LogP contribution in [-0.4, -0.2) is 11.8 Å². The predicted molar refractivity (Wildman–Crippen MR) is 64.3 cm³/mol. The normalized spacial score (nSPS) is 20.1. The average molecular weight is 207 g/mol. The summed E-state index contributed by atoms with van der Waals surface area (Å²) >= 11 is 2.03. The van der Waals surface area contributed by atoms with Crippen molar-refractivity contribution in [3.63, 3.8) is 0 Å². The maximum Gasteiger partial charge on any atom is 0.0484 e. The summed E-state index contributed by atoms with van der Waals surface area (Å²) < 4.78 is 0. The molecule has 1 aromatic carbocycles. The number of aryl methyl sites for hydroxylation is 2. The van der Waals surface area contributed by atoms with Crippen LogP contribution < -0.4 is 5.32 Å². The highest BCUT2D eigenvalue weighted by Gasteiger charge is 2.18. The molecule has 14 heavy (non-hydrogen) atoms. The molecule has 1 heterocycles. The highest BCUT2D eigenvalue weighted by atomic mass is 32.2. The lowest BCUT2D eigenvalue weighted by molar-refractivity contribution is 0.840. The SMILES string of the molecule is CCC1CNc2cc(C)cc(C)c2S1. The van der Waals surface area contributed by atoms with Crippen LogP contribution in [0.25, 0.3) is 0 Å². The van der Waals surface area contributed by atoms with Crippen molar-refractivity contribution in [3.05, 3.63) is 23.3 Å². The van der Waals surface area contributed by atoms with E-state index in [-0.39, 0.29) is 0 Å². The molecule has 1 N–H and O–H groups in total. The summed E-state index contributed by atoms with van der Waals surface area (Å²) in [5, 5.41) is 4.26. The van der Waals surface area contributed by atoms with Gasteiger partial charge >= 0.3 is 0 Å². The fourth-order valence-corrected chi connectivity index (χ4v) is 3.07. The Labute approximate surface area is 90.3 Å². The Morgan fingerprint density at radius 1 is 1.43 bits per heavy atom. The number of thioether (sulfide) groups is 1. The van der Waals surface area contributed by atoms with E-state index < -0.39 is 0 Å². The zero-order valence-electron chi connectivity index (χ0n) is 9.05. The van der Waals surface area contributed by atoms with Gasteiger partial charge in [-0.3, -0.25) is 0 Å². The van der Waals surface area contributed by atoms with Crippen LogP contribution in [0.5, 0.6) is 0 Å². The zero-order chi connectivity index (χ0) is 10.1. The van der Waals surface area contributed by atoms with Gasteiger partial charge in [-0.1, -0.05) is 13.0 Å². The van der Waals surface area contributed by atoms with E-state index in [1.807, 2.05) is 11.8 Å². The van der Waals surface area contributed by atoms with Gasteiger partial charge in [-0.2, -0.15) is 0 Å². The molecule has 1 atom stereocenters. The van der Waals surface area contributed by atoms with Crippen molar-refractivity contribution in [2.45, 2.75) is 37.3 Å². The topological polar surface area (TPSA) is 12.0 Å². The summed E-state index contributed by atoms with van der Waals surface area (Å²) in [6.07, 6.45) is 1.24. The number of benzene rings is 1. The summed E-state index contributed by atoms with van der Waals surface area (Å²) in [4.78, 5) is 1.45. The molecule has 2 rings (SSSR count). The van der Waals surface area contributed by atoms with Gasteiger partial charge in [0.05, 0.1) is 0 Å². The van der Waals surface area contributed by atoms with E-state index in [9.17, 15) is 0 Å². The third kappa shape index (κ3) is 1.76. The number of rotatable bonds is 1. The quantitative estimate of drug-likeness (QED) is 0.755. The molecular weight excluding hydrogens is 190 g/mol. The average Bonchev–Trinajstić information content (AvgIpc) is 2.17. The van der Waals surface area contributed by atoms with Crippen LogP contribution in [0.1, 0.15) is 24.5 Å². The lowest BCUT2D eigenvalue weighted by atomic mass is 10.1. The van der Waals surface area contributed by atoms with Gasteiger partial charge in [0.1, 0.15) is 0 Å². The number of nitrogens with one attached hydrogen (secondary N) is 1. The smallest absolute Gasteiger partial charge is 0.0484 e. The van der Waals surface area contributed by atoms with E-state index >= 15 is 0 Å². The minimum atomic E-state index is 0.740. The largest absolute Gasteiger partial charge is 0.383 e. The Hall–Kier alpha value is -0.630. The number of anilines is 1. The molecule has 0 saturated carbocycles. The fourth-order valence-electron chi connectivity index (χ4n) is 1.90. The van der Waals surface area contributed by atoms with Crippen LogP contribution in [-0.2, 0) is 0 Å². The fraction of sp³-hybridized carbons (Fsp3) is 0.500. The first kappa shape index (κ1) is 9.91. The summed E-state index contributed by atoms with van der Waals surface area (Å²) in [5.41, 5.74) is 4.09. The molecule has 0 saturated heterocycles. The van der Waals surface area contributed by atoms with Crippen molar-refractivity contribution in [3.8, 4) is 0 Å². The molecule has 76 valence electrons.